The van der Waals surface area contributed by atoms with Crippen LogP contribution in [0.1, 0.15) is 5.56 Å². The maximum absolute atomic E-state index is 6.53. The molecular weight excluding hydrogens is 334 g/mol. The third-order valence-corrected chi connectivity index (χ3v) is 4.80. The van der Waals surface area contributed by atoms with E-state index in [1.54, 1.807) is 6.20 Å². The highest BCUT2D eigenvalue weighted by atomic mass is 35.5. The number of anilines is 1. The first-order valence-corrected chi connectivity index (χ1v) is 8.84. The third-order valence-electron chi connectivity index (χ3n) is 4.52. The average molecular weight is 354 g/mol. The summed E-state index contributed by atoms with van der Waals surface area (Å²) in [6.07, 6.45) is 1.79. The molecular formula is C19H20ClN5. The first-order valence-electron chi connectivity index (χ1n) is 8.46. The van der Waals surface area contributed by atoms with Crippen molar-refractivity contribution >= 4 is 28.3 Å². The van der Waals surface area contributed by atoms with Gasteiger partial charge in [0.2, 0.25) is 0 Å². The highest BCUT2D eigenvalue weighted by molar-refractivity contribution is 6.33. The predicted octanol–water partition coefficient (Wildman–Crippen LogP) is 2.82. The van der Waals surface area contributed by atoms with Gasteiger partial charge in [0.1, 0.15) is 5.82 Å². The van der Waals surface area contributed by atoms with Gasteiger partial charge in [-0.3, -0.25) is 4.98 Å². The summed E-state index contributed by atoms with van der Waals surface area (Å²) in [4.78, 5) is 11.5. The lowest BCUT2D eigenvalue weighted by Gasteiger charge is -2.29. The van der Waals surface area contributed by atoms with Crippen molar-refractivity contribution in [3.63, 3.8) is 0 Å². The van der Waals surface area contributed by atoms with Crippen LogP contribution in [0.5, 0.6) is 0 Å². The summed E-state index contributed by atoms with van der Waals surface area (Å²) < 4.78 is 0. The van der Waals surface area contributed by atoms with Gasteiger partial charge in [0, 0.05) is 49.9 Å². The molecule has 0 saturated carbocycles. The minimum absolute atomic E-state index is 0.505. The van der Waals surface area contributed by atoms with Crippen molar-refractivity contribution in [2.75, 3.05) is 31.1 Å². The van der Waals surface area contributed by atoms with Gasteiger partial charge in [0.15, 0.2) is 0 Å². The fraction of sp³-hybridized carbons (Fsp3) is 0.263. The lowest BCUT2D eigenvalue weighted by atomic mass is 10.1. The number of nitrogens with one attached hydrogen (secondary N) is 1. The minimum atomic E-state index is 0.505. The summed E-state index contributed by atoms with van der Waals surface area (Å²) in [5.41, 5.74) is 9.68. The number of fused-ring (bicyclic) bond motifs is 1. The van der Waals surface area contributed by atoms with Crippen molar-refractivity contribution < 1.29 is 0 Å². The van der Waals surface area contributed by atoms with E-state index in [0.717, 1.165) is 59.7 Å². The molecule has 4 rings (SSSR count). The van der Waals surface area contributed by atoms with Gasteiger partial charge >= 0.3 is 0 Å². The Morgan fingerprint density at radius 2 is 1.96 bits per heavy atom. The molecule has 0 bridgehead atoms. The van der Waals surface area contributed by atoms with Crippen LogP contribution in [0, 0.1) is 0 Å². The fourth-order valence-electron chi connectivity index (χ4n) is 3.16. The van der Waals surface area contributed by atoms with Crippen LogP contribution >= 0.6 is 11.6 Å². The van der Waals surface area contributed by atoms with Crippen LogP contribution in [0.25, 0.3) is 22.2 Å². The summed E-state index contributed by atoms with van der Waals surface area (Å²) in [6.45, 7) is 4.26. The maximum atomic E-state index is 6.53. The predicted molar refractivity (Wildman–Crippen MR) is 103 cm³/mol. The van der Waals surface area contributed by atoms with E-state index in [9.17, 15) is 0 Å². The van der Waals surface area contributed by atoms with Crippen LogP contribution in [0.4, 0.5) is 5.82 Å². The molecule has 0 spiro atoms. The van der Waals surface area contributed by atoms with Crippen LogP contribution < -0.4 is 16.0 Å². The second kappa shape index (κ2) is 6.96. The third kappa shape index (κ3) is 3.31. The van der Waals surface area contributed by atoms with Crippen molar-refractivity contribution in [2.45, 2.75) is 6.54 Å². The van der Waals surface area contributed by atoms with Crippen molar-refractivity contribution in [2.24, 2.45) is 5.73 Å². The molecule has 0 amide bonds. The van der Waals surface area contributed by atoms with Crippen LogP contribution in [0.3, 0.4) is 0 Å². The fourth-order valence-corrected chi connectivity index (χ4v) is 3.44. The zero-order valence-electron chi connectivity index (χ0n) is 13.9. The van der Waals surface area contributed by atoms with E-state index in [1.807, 2.05) is 30.3 Å². The highest BCUT2D eigenvalue weighted by Crippen LogP contribution is 2.30. The molecule has 25 heavy (non-hydrogen) atoms. The van der Waals surface area contributed by atoms with Crippen LogP contribution in [0.2, 0.25) is 5.02 Å². The first-order chi connectivity index (χ1) is 12.2. The normalized spacial score (nSPS) is 14.9. The molecule has 3 aromatic rings. The molecule has 128 valence electrons. The number of rotatable bonds is 3. The number of nitrogens with zero attached hydrogens (tertiary/aromatic N) is 3. The van der Waals surface area contributed by atoms with Gasteiger partial charge in [0.05, 0.1) is 16.2 Å². The molecule has 0 radical (unpaired) electrons. The smallest absolute Gasteiger partial charge is 0.148 e. The van der Waals surface area contributed by atoms with Crippen LogP contribution in [-0.2, 0) is 6.54 Å². The summed E-state index contributed by atoms with van der Waals surface area (Å²) in [6, 6.07) is 12.1. The quantitative estimate of drug-likeness (QED) is 0.758. The molecule has 3 N–H and O–H groups in total. The number of hydrogen-bond donors (Lipinski definition) is 2. The Hall–Kier alpha value is -2.21. The monoisotopic (exact) mass is 353 g/mol. The Kier molecular flexibility index (Phi) is 4.53. The molecule has 0 aliphatic carbocycles. The Morgan fingerprint density at radius 1 is 1.12 bits per heavy atom. The number of pyridine rings is 2. The average Bonchev–Trinajstić information content (AvgIpc) is 2.67. The topological polar surface area (TPSA) is 67.1 Å². The second-order valence-corrected chi connectivity index (χ2v) is 6.60. The van der Waals surface area contributed by atoms with Gasteiger partial charge in [-0.25, -0.2) is 4.98 Å². The molecule has 3 heterocycles. The Labute approximate surface area is 151 Å². The minimum Gasteiger partial charge on any atom is -0.353 e. The van der Waals surface area contributed by atoms with E-state index in [-0.39, 0.29) is 0 Å². The summed E-state index contributed by atoms with van der Waals surface area (Å²) in [5.74, 6) is 0.867. The number of benzene rings is 1. The Morgan fingerprint density at radius 3 is 2.76 bits per heavy atom. The maximum Gasteiger partial charge on any atom is 0.148 e. The van der Waals surface area contributed by atoms with E-state index in [2.05, 4.69) is 21.3 Å². The summed E-state index contributed by atoms with van der Waals surface area (Å²) >= 11 is 6.53. The van der Waals surface area contributed by atoms with E-state index in [0.29, 0.717) is 11.6 Å². The Balaban J connectivity index is 1.73. The lowest BCUT2D eigenvalue weighted by Crippen LogP contribution is -2.44. The van der Waals surface area contributed by atoms with E-state index < -0.39 is 0 Å². The van der Waals surface area contributed by atoms with E-state index in [1.165, 1.54) is 0 Å². The molecule has 6 heteroatoms. The van der Waals surface area contributed by atoms with Crippen LogP contribution in [-0.4, -0.2) is 36.1 Å². The van der Waals surface area contributed by atoms with Gasteiger partial charge in [0.25, 0.3) is 0 Å². The van der Waals surface area contributed by atoms with Gasteiger partial charge in [-0.15, -0.1) is 0 Å². The van der Waals surface area contributed by atoms with Crippen LogP contribution in [0.15, 0.2) is 42.6 Å². The highest BCUT2D eigenvalue weighted by Gasteiger charge is 2.16. The SMILES string of the molecule is NCc1ccnc(-c2ccc3nc(N4CCNCC4)c(Cl)cc3c2)c1. The molecule has 2 aromatic heterocycles. The summed E-state index contributed by atoms with van der Waals surface area (Å²) in [5, 5.41) is 5.05. The van der Waals surface area contributed by atoms with E-state index in [4.69, 9.17) is 22.3 Å². The first kappa shape index (κ1) is 16.3. The zero-order valence-corrected chi connectivity index (χ0v) is 14.6. The number of aromatic nitrogens is 2. The zero-order chi connectivity index (χ0) is 17.2. The largest absolute Gasteiger partial charge is 0.353 e. The van der Waals surface area contributed by atoms with Gasteiger partial charge in [-0.2, -0.15) is 0 Å². The summed E-state index contributed by atoms with van der Waals surface area (Å²) in [7, 11) is 0. The number of halogens is 1. The van der Waals surface area contributed by atoms with Gasteiger partial charge in [-0.05, 0) is 35.9 Å². The molecule has 1 aromatic carbocycles. The second-order valence-electron chi connectivity index (χ2n) is 6.19. The van der Waals surface area contributed by atoms with Crippen molar-refractivity contribution in [3.05, 3.63) is 53.2 Å². The molecule has 1 aliphatic rings. The number of piperazine rings is 1. The molecule has 0 unspecified atom stereocenters. The van der Waals surface area contributed by atoms with Crippen molar-refractivity contribution in [3.8, 4) is 11.3 Å². The molecule has 1 fully saturated rings. The van der Waals surface area contributed by atoms with Gasteiger partial charge < -0.3 is 16.0 Å². The molecule has 1 aliphatic heterocycles. The van der Waals surface area contributed by atoms with Crippen molar-refractivity contribution in [1.29, 1.82) is 0 Å². The van der Waals surface area contributed by atoms with Crippen molar-refractivity contribution in [1.82, 2.24) is 15.3 Å². The Bertz CT molecular complexity index is 905. The molecule has 0 atom stereocenters. The number of hydrogen-bond acceptors (Lipinski definition) is 5. The van der Waals surface area contributed by atoms with E-state index >= 15 is 0 Å². The van der Waals surface area contributed by atoms with Gasteiger partial charge in [-0.1, -0.05) is 17.7 Å². The molecule has 5 nitrogen and oxygen atoms in total. The molecule has 1 saturated heterocycles. The number of nitrogens with two attached hydrogens (primary N) is 1. The lowest BCUT2D eigenvalue weighted by molar-refractivity contribution is 0.585. The standard InChI is InChI=1S/C19H20ClN5/c20-16-11-15-10-14(18-9-13(12-21)3-4-23-18)1-2-17(15)24-19(16)25-7-5-22-6-8-25/h1-4,9-11,22H,5-8,12,21H2.